The van der Waals surface area contributed by atoms with Gasteiger partial charge in [0, 0.05) is 5.25 Å². The quantitative estimate of drug-likeness (QED) is 0.0335. The molecule has 3 heteroatoms. The molecular weight excluding hydrogens is 532 g/mol. The molecular formula is C39H76O2S. The average Bonchev–Trinajstić information content (AvgIpc) is 2.98. The van der Waals surface area contributed by atoms with Crippen molar-refractivity contribution in [3.63, 3.8) is 0 Å². The first kappa shape index (κ1) is 41.6. The van der Waals surface area contributed by atoms with Crippen LogP contribution in [0, 0.1) is 0 Å². The Labute approximate surface area is 270 Å². The van der Waals surface area contributed by atoms with Gasteiger partial charge in [-0.25, -0.2) is 0 Å². The van der Waals surface area contributed by atoms with E-state index in [1.807, 2.05) is 6.08 Å². The monoisotopic (exact) mass is 609 g/mol. The molecule has 42 heavy (non-hydrogen) atoms. The lowest BCUT2D eigenvalue weighted by Gasteiger charge is -2.09. The zero-order chi connectivity index (χ0) is 30.6. The highest BCUT2D eigenvalue weighted by Crippen LogP contribution is 2.17. The number of allylic oxidation sites excluding steroid dienone is 1. The molecule has 0 aliphatic carbocycles. The summed E-state index contributed by atoms with van der Waals surface area (Å²) in [6.45, 7) is 4.58. The maximum Gasteiger partial charge on any atom is 0.311 e. The standard InChI is InChI=1S/C39H76O2S/c1-3-5-7-9-11-13-15-17-19-21-23-25-27-29-31-33-35-38(42)37-39(40)41-36-34-32-30-28-26-24-22-20-18-16-14-12-10-8-6-4-2/h34,36,38,42H,3-33,35,37H2,1-2H3. The lowest BCUT2D eigenvalue weighted by Crippen LogP contribution is -2.09. The van der Waals surface area contributed by atoms with Gasteiger partial charge in [-0.3, -0.25) is 4.79 Å². The zero-order valence-corrected chi connectivity index (χ0v) is 29.7. The van der Waals surface area contributed by atoms with Crippen molar-refractivity contribution in [3.05, 3.63) is 12.3 Å². The van der Waals surface area contributed by atoms with Crippen LogP contribution in [-0.2, 0) is 9.53 Å². The van der Waals surface area contributed by atoms with E-state index in [2.05, 4.69) is 26.5 Å². The van der Waals surface area contributed by atoms with Crippen molar-refractivity contribution < 1.29 is 9.53 Å². The second kappa shape index (κ2) is 36.8. The van der Waals surface area contributed by atoms with Crippen molar-refractivity contribution >= 4 is 18.6 Å². The summed E-state index contributed by atoms with van der Waals surface area (Å²) >= 11 is 4.63. The molecule has 0 aromatic rings. The van der Waals surface area contributed by atoms with Crippen molar-refractivity contribution in [1.82, 2.24) is 0 Å². The van der Waals surface area contributed by atoms with Gasteiger partial charge in [-0.2, -0.15) is 12.6 Å². The van der Waals surface area contributed by atoms with Crippen molar-refractivity contribution in [3.8, 4) is 0 Å². The second-order valence-corrected chi connectivity index (χ2v) is 13.9. The Balaban J connectivity index is 3.33. The van der Waals surface area contributed by atoms with E-state index in [1.165, 1.54) is 193 Å². The van der Waals surface area contributed by atoms with E-state index in [4.69, 9.17) is 4.74 Å². The van der Waals surface area contributed by atoms with Crippen molar-refractivity contribution in [1.29, 1.82) is 0 Å². The maximum atomic E-state index is 12.1. The summed E-state index contributed by atoms with van der Waals surface area (Å²) in [5.41, 5.74) is 0. The second-order valence-electron chi connectivity index (χ2n) is 13.2. The first-order chi connectivity index (χ1) is 20.7. The molecule has 0 saturated heterocycles. The normalized spacial score (nSPS) is 12.4. The number of hydrogen-bond donors (Lipinski definition) is 1. The summed E-state index contributed by atoms with van der Waals surface area (Å²) in [5, 5.41) is 0.128. The van der Waals surface area contributed by atoms with E-state index < -0.39 is 0 Å². The van der Waals surface area contributed by atoms with Crippen LogP contribution in [0.5, 0.6) is 0 Å². The molecule has 0 N–H and O–H groups in total. The van der Waals surface area contributed by atoms with Gasteiger partial charge in [-0.1, -0.05) is 200 Å². The van der Waals surface area contributed by atoms with Crippen LogP contribution in [-0.4, -0.2) is 11.2 Å². The van der Waals surface area contributed by atoms with Crippen LogP contribution in [0.4, 0.5) is 0 Å². The zero-order valence-electron chi connectivity index (χ0n) is 28.8. The highest BCUT2D eigenvalue weighted by Gasteiger charge is 2.10. The Hall–Kier alpha value is -0.440. The fraction of sp³-hybridized carbons (Fsp3) is 0.923. The smallest absolute Gasteiger partial charge is 0.311 e. The predicted octanol–water partition coefficient (Wildman–Crippen LogP) is 14.3. The molecule has 1 unspecified atom stereocenters. The highest BCUT2D eigenvalue weighted by molar-refractivity contribution is 7.81. The van der Waals surface area contributed by atoms with E-state index in [-0.39, 0.29) is 11.2 Å². The molecule has 0 heterocycles. The molecule has 2 nitrogen and oxygen atoms in total. The molecule has 0 spiro atoms. The maximum absolute atomic E-state index is 12.1. The molecule has 0 saturated carbocycles. The van der Waals surface area contributed by atoms with E-state index in [0.29, 0.717) is 6.42 Å². The highest BCUT2D eigenvalue weighted by atomic mass is 32.1. The van der Waals surface area contributed by atoms with E-state index in [9.17, 15) is 4.79 Å². The van der Waals surface area contributed by atoms with Crippen molar-refractivity contribution in [2.24, 2.45) is 0 Å². The Morgan fingerprint density at radius 2 is 0.810 bits per heavy atom. The summed E-state index contributed by atoms with van der Waals surface area (Å²) in [4.78, 5) is 12.1. The molecule has 0 aliphatic heterocycles. The van der Waals surface area contributed by atoms with E-state index in [0.717, 1.165) is 12.8 Å². The molecule has 0 aromatic carbocycles. The third-order valence-electron chi connectivity index (χ3n) is 8.81. The number of thiol groups is 1. The minimum absolute atomic E-state index is 0.128. The molecule has 250 valence electrons. The number of unbranched alkanes of at least 4 members (excludes halogenated alkanes) is 29. The molecule has 0 rings (SSSR count). The average molecular weight is 609 g/mol. The van der Waals surface area contributed by atoms with Gasteiger partial charge in [0.1, 0.15) is 0 Å². The Bertz CT molecular complexity index is 547. The minimum atomic E-state index is -0.135. The van der Waals surface area contributed by atoms with Crippen LogP contribution in [0.25, 0.3) is 0 Å². The first-order valence-corrected chi connectivity index (χ1v) is 19.7. The number of carbonyl (C=O) groups is 1. The van der Waals surface area contributed by atoms with Gasteiger partial charge in [0.15, 0.2) is 0 Å². The van der Waals surface area contributed by atoms with Gasteiger partial charge in [0.2, 0.25) is 0 Å². The number of rotatable bonds is 35. The Morgan fingerprint density at radius 3 is 1.17 bits per heavy atom. The lowest BCUT2D eigenvalue weighted by atomic mass is 10.0. The summed E-state index contributed by atoms with van der Waals surface area (Å²) < 4.78 is 5.30. The van der Waals surface area contributed by atoms with Crippen LogP contribution in [0.1, 0.15) is 226 Å². The van der Waals surface area contributed by atoms with Crippen LogP contribution in [0.2, 0.25) is 0 Å². The van der Waals surface area contributed by atoms with Crippen molar-refractivity contribution in [2.75, 3.05) is 0 Å². The molecule has 0 aliphatic rings. The summed E-state index contributed by atoms with van der Waals surface area (Å²) in [6, 6.07) is 0. The number of ether oxygens (including phenoxy) is 1. The first-order valence-electron chi connectivity index (χ1n) is 19.2. The largest absolute Gasteiger partial charge is 0.435 e. The molecule has 0 aromatic heterocycles. The lowest BCUT2D eigenvalue weighted by molar-refractivity contribution is -0.138. The third-order valence-corrected chi connectivity index (χ3v) is 9.25. The van der Waals surface area contributed by atoms with Crippen molar-refractivity contribution in [2.45, 2.75) is 231 Å². The Kier molecular flexibility index (Phi) is 36.4. The van der Waals surface area contributed by atoms with Crippen LogP contribution < -0.4 is 0 Å². The summed E-state index contributed by atoms with van der Waals surface area (Å²) in [7, 11) is 0. The van der Waals surface area contributed by atoms with Gasteiger partial charge in [0.05, 0.1) is 12.7 Å². The molecule has 0 amide bonds. The topological polar surface area (TPSA) is 26.3 Å². The van der Waals surface area contributed by atoms with E-state index in [1.54, 1.807) is 6.26 Å². The fourth-order valence-electron chi connectivity index (χ4n) is 5.92. The van der Waals surface area contributed by atoms with Gasteiger partial charge in [-0.15, -0.1) is 0 Å². The van der Waals surface area contributed by atoms with Gasteiger partial charge >= 0.3 is 5.97 Å². The van der Waals surface area contributed by atoms with Gasteiger partial charge in [0.25, 0.3) is 0 Å². The number of esters is 1. The van der Waals surface area contributed by atoms with Crippen LogP contribution in [0.3, 0.4) is 0 Å². The molecule has 0 bridgehead atoms. The molecule has 0 fully saturated rings. The van der Waals surface area contributed by atoms with Crippen LogP contribution >= 0.6 is 12.6 Å². The Morgan fingerprint density at radius 1 is 0.500 bits per heavy atom. The molecule has 0 radical (unpaired) electrons. The summed E-state index contributed by atoms with van der Waals surface area (Å²) in [6.07, 6.45) is 47.7. The summed E-state index contributed by atoms with van der Waals surface area (Å²) in [5.74, 6) is -0.135. The predicted molar refractivity (Wildman–Crippen MR) is 192 cm³/mol. The van der Waals surface area contributed by atoms with Crippen LogP contribution in [0.15, 0.2) is 12.3 Å². The SMILES string of the molecule is CCCCCCCCCCCCCCCCC=COC(=O)CC(S)CCCCCCCCCCCCCCCCCC. The van der Waals surface area contributed by atoms with Gasteiger partial charge in [-0.05, 0) is 25.3 Å². The number of carbonyl (C=O) groups excluding carboxylic acids is 1. The van der Waals surface area contributed by atoms with E-state index >= 15 is 0 Å². The number of hydrogen-bond acceptors (Lipinski definition) is 3. The molecule has 1 atom stereocenters. The fourth-order valence-corrected chi connectivity index (χ4v) is 6.25. The minimum Gasteiger partial charge on any atom is -0.435 e. The van der Waals surface area contributed by atoms with Gasteiger partial charge < -0.3 is 4.74 Å². The third kappa shape index (κ3) is 35.8.